The van der Waals surface area contributed by atoms with E-state index < -0.39 is 17.9 Å². The van der Waals surface area contributed by atoms with Gasteiger partial charge in [-0.3, -0.25) is 20.4 Å². The number of rotatable bonds is 4. The van der Waals surface area contributed by atoms with Gasteiger partial charge in [-0.05, 0) is 57.9 Å². The molecule has 0 saturated heterocycles. The molecule has 1 unspecified atom stereocenters. The SMILES string of the molecule is Cc1cc(C(=O)NNC(=O)C(C)Oc2cccc(C)c2C)c(C)o1. The molecule has 0 radical (unpaired) electrons. The normalized spacial score (nSPS) is 11.7. The summed E-state index contributed by atoms with van der Waals surface area (Å²) in [6.45, 7) is 8.97. The molecule has 1 atom stereocenters. The molecule has 0 fully saturated rings. The summed E-state index contributed by atoms with van der Waals surface area (Å²) in [5.41, 5.74) is 7.18. The van der Waals surface area contributed by atoms with Crippen LogP contribution in [0.15, 0.2) is 28.7 Å². The van der Waals surface area contributed by atoms with Crippen molar-refractivity contribution in [3.05, 3.63) is 52.5 Å². The van der Waals surface area contributed by atoms with Gasteiger partial charge in [0.1, 0.15) is 17.3 Å². The summed E-state index contributed by atoms with van der Waals surface area (Å²) in [7, 11) is 0. The van der Waals surface area contributed by atoms with Gasteiger partial charge in [-0.25, -0.2) is 0 Å². The van der Waals surface area contributed by atoms with Crippen molar-refractivity contribution >= 4 is 11.8 Å². The largest absolute Gasteiger partial charge is 0.481 e. The minimum atomic E-state index is -0.752. The summed E-state index contributed by atoms with van der Waals surface area (Å²) < 4.78 is 11.0. The van der Waals surface area contributed by atoms with Crippen molar-refractivity contribution < 1.29 is 18.7 Å². The number of aryl methyl sites for hydroxylation is 3. The molecule has 1 aromatic carbocycles. The lowest BCUT2D eigenvalue weighted by molar-refractivity contribution is -0.128. The summed E-state index contributed by atoms with van der Waals surface area (Å²) in [6.07, 6.45) is -0.752. The highest BCUT2D eigenvalue weighted by atomic mass is 16.5. The predicted molar refractivity (Wildman–Crippen MR) is 89.8 cm³/mol. The fourth-order valence-corrected chi connectivity index (χ4v) is 2.24. The van der Waals surface area contributed by atoms with Gasteiger partial charge in [0.25, 0.3) is 11.8 Å². The lowest BCUT2D eigenvalue weighted by Gasteiger charge is -2.17. The maximum Gasteiger partial charge on any atom is 0.279 e. The Hall–Kier alpha value is -2.76. The Balaban J connectivity index is 1.93. The second-order valence-corrected chi connectivity index (χ2v) is 5.73. The zero-order chi connectivity index (χ0) is 17.9. The Bertz CT molecular complexity index is 764. The van der Waals surface area contributed by atoms with Crippen molar-refractivity contribution in [2.75, 3.05) is 0 Å². The lowest BCUT2D eigenvalue weighted by Crippen LogP contribution is -2.47. The van der Waals surface area contributed by atoms with Gasteiger partial charge in [0.05, 0.1) is 5.56 Å². The average Bonchev–Trinajstić information content (AvgIpc) is 2.87. The Morgan fingerprint density at radius 2 is 1.83 bits per heavy atom. The standard InChI is InChI=1S/C18H22N2O4/c1-10-7-6-8-16(12(10)3)24-14(5)17(21)19-20-18(22)15-9-11(2)23-13(15)4/h6-9,14H,1-5H3,(H,19,21)(H,20,22). The van der Waals surface area contributed by atoms with E-state index >= 15 is 0 Å². The predicted octanol–water partition coefficient (Wildman–Crippen LogP) is 2.74. The van der Waals surface area contributed by atoms with Crippen molar-refractivity contribution in [2.45, 2.75) is 40.7 Å². The molecule has 0 aliphatic rings. The fraction of sp³-hybridized carbons (Fsp3) is 0.333. The van der Waals surface area contributed by atoms with E-state index in [1.807, 2.05) is 32.0 Å². The van der Waals surface area contributed by atoms with Crippen LogP contribution in [0.1, 0.15) is 39.9 Å². The molecule has 1 heterocycles. The van der Waals surface area contributed by atoms with Crippen molar-refractivity contribution in [3.8, 4) is 5.75 Å². The molecule has 128 valence electrons. The van der Waals surface area contributed by atoms with Crippen LogP contribution in [0.3, 0.4) is 0 Å². The topological polar surface area (TPSA) is 80.6 Å². The second kappa shape index (κ2) is 7.21. The number of hydrazine groups is 1. The highest BCUT2D eigenvalue weighted by Gasteiger charge is 2.18. The third-order valence-corrected chi connectivity index (χ3v) is 3.81. The van der Waals surface area contributed by atoms with E-state index in [2.05, 4.69) is 10.9 Å². The molecule has 1 aromatic heterocycles. The number of carbonyl (C=O) groups excluding carboxylic acids is 2. The van der Waals surface area contributed by atoms with Gasteiger partial charge in [-0.1, -0.05) is 12.1 Å². The number of hydrogen-bond acceptors (Lipinski definition) is 4. The first-order chi connectivity index (χ1) is 11.3. The van der Waals surface area contributed by atoms with Crippen LogP contribution in [0.5, 0.6) is 5.75 Å². The molecular weight excluding hydrogens is 308 g/mol. The molecule has 2 N–H and O–H groups in total. The second-order valence-electron chi connectivity index (χ2n) is 5.73. The van der Waals surface area contributed by atoms with E-state index in [9.17, 15) is 9.59 Å². The van der Waals surface area contributed by atoms with Crippen molar-refractivity contribution in [3.63, 3.8) is 0 Å². The van der Waals surface area contributed by atoms with Gasteiger partial charge >= 0.3 is 0 Å². The van der Waals surface area contributed by atoms with Crippen molar-refractivity contribution in [1.82, 2.24) is 10.9 Å². The van der Waals surface area contributed by atoms with Crippen LogP contribution >= 0.6 is 0 Å². The number of hydrogen-bond donors (Lipinski definition) is 2. The number of furan rings is 1. The molecule has 0 aliphatic carbocycles. The van der Waals surface area contributed by atoms with Crippen LogP contribution in [0, 0.1) is 27.7 Å². The lowest BCUT2D eigenvalue weighted by atomic mass is 10.1. The van der Waals surface area contributed by atoms with Crippen molar-refractivity contribution in [2.24, 2.45) is 0 Å². The molecule has 0 bridgehead atoms. The first-order valence-corrected chi connectivity index (χ1v) is 7.69. The number of benzene rings is 1. The quantitative estimate of drug-likeness (QED) is 0.845. The van der Waals surface area contributed by atoms with E-state index in [1.54, 1.807) is 26.8 Å². The number of carbonyl (C=O) groups is 2. The van der Waals surface area contributed by atoms with Gasteiger partial charge in [0.2, 0.25) is 0 Å². The van der Waals surface area contributed by atoms with Gasteiger partial charge in [-0.2, -0.15) is 0 Å². The summed E-state index contributed by atoms with van der Waals surface area (Å²) in [4.78, 5) is 24.1. The molecule has 24 heavy (non-hydrogen) atoms. The van der Waals surface area contributed by atoms with Crippen LogP contribution in [0.4, 0.5) is 0 Å². The first-order valence-electron chi connectivity index (χ1n) is 7.69. The number of ether oxygens (including phenoxy) is 1. The molecule has 6 nitrogen and oxygen atoms in total. The highest BCUT2D eigenvalue weighted by Crippen LogP contribution is 2.21. The summed E-state index contributed by atoms with van der Waals surface area (Å²) in [5, 5.41) is 0. The van der Waals surface area contributed by atoms with Crippen LogP contribution in [-0.4, -0.2) is 17.9 Å². The van der Waals surface area contributed by atoms with E-state index in [0.29, 0.717) is 22.8 Å². The van der Waals surface area contributed by atoms with Gasteiger partial charge in [0.15, 0.2) is 6.10 Å². The molecular formula is C18H22N2O4. The highest BCUT2D eigenvalue weighted by molar-refractivity contribution is 5.96. The van der Waals surface area contributed by atoms with Crippen LogP contribution in [0.25, 0.3) is 0 Å². The maximum absolute atomic E-state index is 12.1. The minimum Gasteiger partial charge on any atom is -0.481 e. The van der Waals surface area contributed by atoms with Crippen LogP contribution in [0.2, 0.25) is 0 Å². The molecule has 0 saturated carbocycles. The maximum atomic E-state index is 12.1. The van der Waals surface area contributed by atoms with E-state index in [1.165, 1.54) is 0 Å². The fourth-order valence-electron chi connectivity index (χ4n) is 2.24. The van der Waals surface area contributed by atoms with Gasteiger partial charge < -0.3 is 9.15 Å². The van der Waals surface area contributed by atoms with E-state index in [-0.39, 0.29) is 0 Å². The zero-order valence-corrected chi connectivity index (χ0v) is 14.5. The Morgan fingerprint density at radius 1 is 1.12 bits per heavy atom. The molecule has 6 heteroatoms. The summed E-state index contributed by atoms with van der Waals surface area (Å²) in [6, 6.07) is 7.27. The number of amides is 2. The summed E-state index contributed by atoms with van der Waals surface area (Å²) >= 11 is 0. The molecule has 2 aromatic rings. The Morgan fingerprint density at radius 3 is 2.46 bits per heavy atom. The molecule has 2 rings (SSSR count). The first kappa shape index (κ1) is 17.6. The van der Waals surface area contributed by atoms with Crippen LogP contribution < -0.4 is 15.6 Å². The Kier molecular flexibility index (Phi) is 5.28. The third kappa shape index (κ3) is 3.95. The minimum absolute atomic E-state index is 0.385. The molecule has 0 spiro atoms. The number of nitrogens with one attached hydrogen (secondary N) is 2. The molecule has 2 amide bonds. The smallest absolute Gasteiger partial charge is 0.279 e. The third-order valence-electron chi connectivity index (χ3n) is 3.81. The zero-order valence-electron chi connectivity index (χ0n) is 14.5. The monoisotopic (exact) mass is 330 g/mol. The van der Waals surface area contributed by atoms with Gasteiger partial charge in [-0.15, -0.1) is 0 Å². The van der Waals surface area contributed by atoms with E-state index in [0.717, 1.165) is 11.1 Å². The average molecular weight is 330 g/mol. The van der Waals surface area contributed by atoms with Crippen LogP contribution in [-0.2, 0) is 4.79 Å². The van der Waals surface area contributed by atoms with Crippen molar-refractivity contribution in [1.29, 1.82) is 0 Å². The summed E-state index contributed by atoms with van der Waals surface area (Å²) in [5.74, 6) is 0.901. The van der Waals surface area contributed by atoms with E-state index in [4.69, 9.17) is 9.15 Å². The molecule has 0 aliphatic heterocycles. The Labute approximate surface area is 141 Å². The van der Waals surface area contributed by atoms with Gasteiger partial charge in [0, 0.05) is 0 Å².